The zero-order chi connectivity index (χ0) is 17.7. The van der Waals surface area contributed by atoms with Crippen LogP contribution in [0.1, 0.15) is 46.3 Å². The van der Waals surface area contributed by atoms with Crippen LogP contribution in [0.3, 0.4) is 0 Å². The minimum atomic E-state index is -0.0494. The lowest BCUT2D eigenvalue weighted by atomic mass is 9.59. The van der Waals surface area contributed by atoms with Crippen molar-refractivity contribution < 1.29 is 4.79 Å². The third kappa shape index (κ3) is 2.23. The van der Waals surface area contributed by atoms with Gasteiger partial charge in [-0.1, -0.05) is 37.3 Å². The molecule has 0 radical (unpaired) electrons. The van der Waals surface area contributed by atoms with Crippen molar-refractivity contribution in [3.05, 3.63) is 75.7 Å². The Bertz CT molecular complexity index is 976. The molecule has 5 rings (SSSR count). The molecule has 2 aliphatic rings. The van der Waals surface area contributed by atoms with Crippen molar-refractivity contribution in [2.24, 2.45) is 5.92 Å². The number of aromatic nitrogens is 2. The SMILES string of the molecule is CC1CC(c2cccc(N3Cc4ccccc4C3=O)c2)(c2nncs2)C1. The van der Waals surface area contributed by atoms with Crippen LogP contribution in [-0.4, -0.2) is 16.1 Å². The van der Waals surface area contributed by atoms with E-state index in [4.69, 9.17) is 0 Å². The van der Waals surface area contributed by atoms with E-state index < -0.39 is 0 Å². The summed E-state index contributed by atoms with van der Waals surface area (Å²) in [7, 11) is 0. The normalized spacial score (nSPS) is 24.4. The number of carbonyl (C=O) groups is 1. The molecule has 0 spiro atoms. The van der Waals surface area contributed by atoms with Gasteiger partial charge in [0.2, 0.25) is 0 Å². The molecular formula is C21H19N3OS. The first-order valence-electron chi connectivity index (χ1n) is 8.94. The highest BCUT2D eigenvalue weighted by Gasteiger charge is 2.47. The molecule has 2 aromatic carbocycles. The Hall–Kier alpha value is -2.53. The van der Waals surface area contributed by atoms with Gasteiger partial charge in [0.1, 0.15) is 10.5 Å². The molecule has 2 heterocycles. The van der Waals surface area contributed by atoms with E-state index in [-0.39, 0.29) is 11.3 Å². The van der Waals surface area contributed by atoms with Gasteiger partial charge in [0.25, 0.3) is 5.91 Å². The zero-order valence-electron chi connectivity index (χ0n) is 14.6. The van der Waals surface area contributed by atoms with Crippen LogP contribution in [0.4, 0.5) is 5.69 Å². The van der Waals surface area contributed by atoms with E-state index in [0.717, 1.165) is 34.7 Å². The Morgan fingerprint density at radius 3 is 2.73 bits per heavy atom. The van der Waals surface area contributed by atoms with E-state index in [1.165, 1.54) is 5.56 Å². The third-order valence-electron chi connectivity index (χ3n) is 5.70. The molecule has 1 saturated carbocycles. The van der Waals surface area contributed by atoms with Crippen molar-refractivity contribution in [3.63, 3.8) is 0 Å². The van der Waals surface area contributed by atoms with Crippen LogP contribution in [0.5, 0.6) is 0 Å². The molecule has 0 bridgehead atoms. The average molecular weight is 361 g/mol. The summed E-state index contributed by atoms with van der Waals surface area (Å²) in [5.41, 5.74) is 5.88. The Morgan fingerprint density at radius 1 is 1.15 bits per heavy atom. The van der Waals surface area contributed by atoms with Crippen molar-refractivity contribution in [2.75, 3.05) is 4.90 Å². The molecule has 1 aliphatic heterocycles. The summed E-state index contributed by atoms with van der Waals surface area (Å²) in [5, 5.41) is 9.53. The number of nitrogens with zero attached hydrogens (tertiary/aromatic N) is 3. The number of amides is 1. The van der Waals surface area contributed by atoms with Gasteiger partial charge in [0.15, 0.2) is 0 Å². The van der Waals surface area contributed by atoms with Crippen LogP contribution in [0, 0.1) is 5.92 Å². The summed E-state index contributed by atoms with van der Waals surface area (Å²) < 4.78 is 0. The zero-order valence-corrected chi connectivity index (χ0v) is 15.4. The number of benzene rings is 2. The molecule has 0 N–H and O–H groups in total. The maximum atomic E-state index is 12.8. The lowest BCUT2D eigenvalue weighted by molar-refractivity contribution is 0.0996. The summed E-state index contributed by atoms with van der Waals surface area (Å²) in [5.74, 6) is 0.768. The quantitative estimate of drug-likeness (QED) is 0.694. The smallest absolute Gasteiger partial charge is 0.258 e. The lowest BCUT2D eigenvalue weighted by Crippen LogP contribution is -2.41. The van der Waals surface area contributed by atoms with Gasteiger partial charge in [-0.15, -0.1) is 21.5 Å². The number of fused-ring (bicyclic) bond motifs is 1. The second-order valence-electron chi connectivity index (χ2n) is 7.44. The van der Waals surface area contributed by atoms with Crippen LogP contribution in [0.15, 0.2) is 54.0 Å². The van der Waals surface area contributed by atoms with Gasteiger partial charge in [-0.3, -0.25) is 4.79 Å². The molecule has 130 valence electrons. The molecule has 5 heteroatoms. The van der Waals surface area contributed by atoms with Gasteiger partial charge in [-0.2, -0.15) is 0 Å². The van der Waals surface area contributed by atoms with Crippen molar-refractivity contribution in [1.29, 1.82) is 0 Å². The molecule has 1 amide bonds. The van der Waals surface area contributed by atoms with Gasteiger partial charge < -0.3 is 4.90 Å². The van der Waals surface area contributed by atoms with E-state index in [0.29, 0.717) is 12.5 Å². The number of anilines is 1. The van der Waals surface area contributed by atoms with Gasteiger partial charge in [-0.25, -0.2) is 0 Å². The fourth-order valence-corrected chi connectivity index (χ4v) is 5.28. The van der Waals surface area contributed by atoms with Crippen LogP contribution < -0.4 is 4.90 Å². The predicted molar refractivity (Wildman–Crippen MR) is 102 cm³/mol. The highest BCUT2D eigenvalue weighted by atomic mass is 32.1. The standard InChI is InChI=1S/C21H19N3OS/c1-14-10-21(11-14,20-23-22-13-26-20)16-6-4-7-17(9-16)24-12-15-5-2-3-8-18(15)19(24)25/h2-9,13-14H,10-12H2,1H3. The molecule has 26 heavy (non-hydrogen) atoms. The van der Waals surface area contributed by atoms with Crippen LogP contribution >= 0.6 is 11.3 Å². The highest BCUT2D eigenvalue weighted by Crippen LogP contribution is 2.53. The molecule has 3 aromatic rings. The first-order chi connectivity index (χ1) is 12.7. The Morgan fingerprint density at radius 2 is 2.00 bits per heavy atom. The van der Waals surface area contributed by atoms with Gasteiger partial charge in [-0.05, 0) is 48.1 Å². The summed E-state index contributed by atoms with van der Waals surface area (Å²) in [6, 6.07) is 16.3. The molecule has 1 aromatic heterocycles. The first-order valence-corrected chi connectivity index (χ1v) is 9.82. The van der Waals surface area contributed by atoms with Crippen molar-refractivity contribution in [2.45, 2.75) is 31.7 Å². The van der Waals surface area contributed by atoms with Crippen LogP contribution in [0.25, 0.3) is 0 Å². The van der Waals surface area contributed by atoms with Crippen molar-refractivity contribution >= 4 is 22.9 Å². The Balaban J connectivity index is 1.54. The molecular weight excluding hydrogens is 342 g/mol. The highest BCUT2D eigenvalue weighted by molar-refractivity contribution is 7.09. The minimum Gasteiger partial charge on any atom is -0.304 e. The fourth-order valence-electron chi connectivity index (χ4n) is 4.48. The van der Waals surface area contributed by atoms with Gasteiger partial charge in [0.05, 0.1) is 6.54 Å². The van der Waals surface area contributed by atoms with E-state index in [1.807, 2.05) is 40.7 Å². The molecule has 0 atom stereocenters. The second-order valence-corrected chi connectivity index (χ2v) is 8.27. The summed E-state index contributed by atoms with van der Waals surface area (Å²) in [6.07, 6.45) is 2.17. The third-order valence-corrected chi connectivity index (χ3v) is 6.59. The van der Waals surface area contributed by atoms with E-state index in [1.54, 1.807) is 11.3 Å². The molecule has 0 unspecified atom stereocenters. The number of rotatable bonds is 3. The lowest BCUT2D eigenvalue weighted by Gasteiger charge is -2.45. The molecule has 4 nitrogen and oxygen atoms in total. The summed E-state index contributed by atoms with van der Waals surface area (Å²) >= 11 is 1.63. The van der Waals surface area contributed by atoms with Crippen molar-refractivity contribution in [1.82, 2.24) is 10.2 Å². The monoisotopic (exact) mass is 361 g/mol. The van der Waals surface area contributed by atoms with Gasteiger partial charge >= 0.3 is 0 Å². The molecule has 0 saturated heterocycles. The van der Waals surface area contributed by atoms with Crippen LogP contribution in [-0.2, 0) is 12.0 Å². The number of hydrogen-bond donors (Lipinski definition) is 0. The van der Waals surface area contributed by atoms with Crippen LogP contribution in [0.2, 0.25) is 0 Å². The topological polar surface area (TPSA) is 46.1 Å². The maximum Gasteiger partial charge on any atom is 0.258 e. The second kappa shape index (κ2) is 5.74. The van der Waals surface area contributed by atoms with Crippen molar-refractivity contribution in [3.8, 4) is 0 Å². The van der Waals surface area contributed by atoms with E-state index in [2.05, 4.69) is 35.3 Å². The van der Waals surface area contributed by atoms with E-state index in [9.17, 15) is 4.79 Å². The van der Waals surface area contributed by atoms with E-state index >= 15 is 0 Å². The fraction of sp³-hybridized carbons (Fsp3) is 0.286. The summed E-state index contributed by atoms with van der Waals surface area (Å²) in [6.45, 7) is 2.92. The average Bonchev–Trinajstić information content (AvgIpc) is 3.28. The molecule has 1 aliphatic carbocycles. The first kappa shape index (κ1) is 15.7. The Kier molecular flexibility index (Phi) is 3.47. The number of hydrogen-bond acceptors (Lipinski definition) is 4. The summed E-state index contributed by atoms with van der Waals surface area (Å²) in [4.78, 5) is 14.7. The van der Waals surface area contributed by atoms with Gasteiger partial charge in [0, 0.05) is 16.7 Å². The predicted octanol–water partition coefficient (Wildman–Crippen LogP) is 4.41. The maximum absolute atomic E-state index is 12.8. The number of carbonyl (C=O) groups excluding carboxylic acids is 1. The minimum absolute atomic E-state index is 0.0494. The molecule has 1 fully saturated rings. The largest absolute Gasteiger partial charge is 0.304 e. The Labute approximate surface area is 156 Å².